The lowest BCUT2D eigenvalue weighted by Crippen LogP contribution is -2.45. The van der Waals surface area contributed by atoms with E-state index in [-0.39, 0.29) is 11.9 Å². The lowest BCUT2D eigenvalue weighted by Gasteiger charge is -2.29. The molecule has 20 heavy (non-hydrogen) atoms. The monoisotopic (exact) mass is 297 g/mol. The van der Waals surface area contributed by atoms with Crippen molar-refractivity contribution >= 4 is 29.2 Å². The number of halogens is 1. The van der Waals surface area contributed by atoms with Crippen LogP contribution in [0, 0.1) is 0 Å². The van der Waals surface area contributed by atoms with E-state index < -0.39 is 12.1 Å². The number of hydrogen-bond acceptors (Lipinski definition) is 5. The van der Waals surface area contributed by atoms with Crippen molar-refractivity contribution in [1.82, 2.24) is 0 Å². The first-order valence-electron chi connectivity index (χ1n) is 6.28. The van der Waals surface area contributed by atoms with E-state index >= 15 is 0 Å². The van der Waals surface area contributed by atoms with Gasteiger partial charge in [-0.25, -0.2) is 9.59 Å². The first-order chi connectivity index (χ1) is 9.58. The van der Waals surface area contributed by atoms with Gasteiger partial charge in [-0.1, -0.05) is 11.6 Å². The summed E-state index contributed by atoms with van der Waals surface area (Å²) in [5.41, 5.74) is 0.748. The molecule has 0 amide bonds. The van der Waals surface area contributed by atoms with Crippen LogP contribution in [0.1, 0.15) is 12.8 Å². The zero-order valence-corrected chi connectivity index (χ0v) is 12.1. The highest BCUT2D eigenvalue weighted by atomic mass is 35.5. The molecule has 1 aromatic rings. The summed E-state index contributed by atoms with van der Waals surface area (Å²) < 4.78 is 9.63. The SMILES string of the molecule is COC(=O)C1CCC(C(=O)OC)N1c1ccc(Cl)cc1. The number of rotatable bonds is 3. The van der Waals surface area contributed by atoms with E-state index in [0.717, 1.165) is 5.69 Å². The fraction of sp³-hybridized carbons (Fsp3) is 0.429. The van der Waals surface area contributed by atoms with Gasteiger partial charge in [0.15, 0.2) is 0 Å². The molecule has 6 heteroatoms. The molecule has 0 saturated carbocycles. The topological polar surface area (TPSA) is 55.8 Å². The van der Waals surface area contributed by atoms with E-state index in [1.54, 1.807) is 29.2 Å². The number of carbonyl (C=O) groups is 2. The van der Waals surface area contributed by atoms with Gasteiger partial charge < -0.3 is 14.4 Å². The predicted molar refractivity (Wildman–Crippen MR) is 74.8 cm³/mol. The maximum absolute atomic E-state index is 11.9. The minimum absolute atomic E-state index is 0.355. The highest BCUT2D eigenvalue weighted by Crippen LogP contribution is 2.32. The van der Waals surface area contributed by atoms with Crippen molar-refractivity contribution in [2.75, 3.05) is 19.1 Å². The Bertz CT molecular complexity index is 478. The predicted octanol–water partition coefficient (Wildman–Crippen LogP) is 2.02. The molecule has 1 aliphatic rings. The molecular formula is C14H16ClNO4. The van der Waals surface area contributed by atoms with Crippen LogP contribution in [0.4, 0.5) is 5.69 Å². The Labute approximate surface area is 122 Å². The summed E-state index contributed by atoms with van der Waals surface area (Å²) in [5.74, 6) is -0.710. The van der Waals surface area contributed by atoms with E-state index in [1.807, 2.05) is 0 Å². The molecule has 2 rings (SSSR count). The molecule has 108 valence electrons. The van der Waals surface area contributed by atoms with E-state index in [2.05, 4.69) is 0 Å². The molecule has 1 saturated heterocycles. The summed E-state index contributed by atoms with van der Waals surface area (Å²) in [6, 6.07) is 6.03. The Balaban J connectivity index is 2.35. The molecule has 1 aliphatic heterocycles. The second kappa shape index (κ2) is 6.13. The molecule has 0 radical (unpaired) electrons. The molecule has 1 heterocycles. The third kappa shape index (κ3) is 2.72. The molecule has 2 atom stereocenters. The number of anilines is 1. The normalized spacial score (nSPS) is 21.6. The van der Waals surface area contributed by atoms with E-state index in [4.69, 9.17) is 21.1 Å². The molecule has 0 aliphatic carbocycles. The average Bonchev–Trinajstić information content (AvgIpc) is 2.91. The van der Waals surface area contributed by atoms with Gasteiger partial charge in [-0.2, -0.15) is 0 Å². The number of hydrogen-bond donors (Lipinski definition) is 0. The Morgan fingerprint density at radius 1 is 1.05 bits per heavy atom. The van der Waals surface area contributed by atoms with Crippen LogP contribution in [0.5, 0.6) is 0 Å². The smallest absolute Gasteiger partial charge is 0.328 e. The summed E-state index contributed by atoms with van der Waals surface area (Å²) in [6.45, 7) is 0. The van der Waals surface area contributed by atoms with E-state index in [1.165, 1.54) is 14.2 Å². The summed E-state index contributed by atoms with van der Waals surface area (Å²) in [7, 11) is 2.68. The summed E-state index contributed by atoms with van der Waals surface area (Å²) >= 11 is 5.87. The third-order valence-corrected chi connectivity index (χ3v) is 3.71. The van der Waals surface area contributed by atoms with Crippen molar-refractivity contribution in [2.24, 2.45) is 0 Å². The minimum Gasteiger partial charge on any atom is -0.467 e. The first-order valence-corrected chi connectivity index (χ1v) is 6.66. The van der Waals surface area contributed by atoms with Crippen molar-refractivity contribution in [1.29, 1.82) is 0 Å². The maximum atomic E-state index is 11.9. The Kier molecular flexibility index (Phi) is 4.49. The summed E-state index contributed by atoms with van der Waals surface area (Å²) in [5, 5.41) is 0.595. The van der Waals surface area contributed by atoms with Crippen molar-refractivity contribution in [2.45, 2.75) is 24.9 Å². The highest BCUT2D eigenvalue weighted by Gasteiger charge is 2.42. The van der Waals surface area contributed by atoms with E-state index in [9.17, 15) is 9.59 Å². The second-order valence-corrected chi connectivity index (χ2v) is 4.98. The van der Waals surface area contributed by atoms with Gasteiger partial charge in [0.25, 0.3) is 0 Å². The van der Waals surface area contributed by atoms with Crippen LogP contribution in [0.25, 0.3) is 0 Å². The molecule has 1 fully saturated rings. The molecule has 2 unspecified atom stereocenters. The van der Waals surface area contributed by atoms with Crippen LogP contribution in [0.2, 0.25) is 5.02 Å². The van der Waals surface area contributed by atoms with Crippen molar-refractivity contribution in [3.05, 3.63) is 29.3 Å². The molecule has 5 nitrogen and oxygen atoms in total. The number of nitrogens with zero attached hydrogens (tertiary/aromatic N) is 1. The molecule has 0 N–H and O–H groups in total. The zero-order chi connectivity index (χ0) is 14.7. The molecule has 0 bridgehead atoms. The van der Waals surface area contributed by atoms with Crippen LogP contribution in [0.15, 0.2) is 24.3 Å². The van der Waals surface area contributed by atoms with Gasteiger partial charge in [0, 0.05) is 10.7 Å². The van der Waals surface area contributed by atoms with Crippen LogP contribution >= 0.6 is 11.6 Å². The van der Waals surface area contributed by atoms with Crippen molar-refractivity contribution < 1.29 is 19.1 Å². The fourth-order valence-electron chi connectivity index (χ4n) is 2.52. The maximum Gasteiger partial charge on any atom is 0.328 e. The zero-order valence-electron chi connectivity index (χ0n) is 11.3. The minimum atomic E-state index is -0.481. The van der Waals surface area contributed by atoms with Gasteiger partial charge in [0.05, 0.1) is 14.2 Å². The molecule has 0 spiro atoms. The standard InChI is InChI=1S/C14H16ClNO4/c1-19-13(17)11-7-8-12(14(18)20-2)16(11)10-5-3-9(15)4-6-10/h3-6,11-12H,7-8H2,1-2H3. The van der Waals surface area contributed by atoms with Crippen LogP contribution < -0.4 is 4.90 Å². The van der Waals surface area contributed by atoms with Gasteiger partial charge >= 0.3 is 11.9 Å². The second-order valence-electron chi connectivity index (χ2n) is 4.54. The van der Waals surface area contributed by atoms with Crippen molar-refractivity contribution in [3.8, 4) is 0 Å². The Hall–Kier alpha value is -1.75. The van der Waals surface area contributed by atoms with Gasteiger partial charge in [-0.15, -0.1) is 0 Å². The Morgan fingerprint density at radius 3 is 1.90 bits per heavy atom. The molecule has 1 aromatic carbocycles. The quantitative estimate of drug-likeness (QED) is 0.799. The number of methoxy groups -OCH3 is 2. The van der Waals surface area contributed by atoms with Gasteiger partial charge in [0.2, 0.25) is 0 Å². The number of esters is 2. The average molecular weight is 298 g/mol. The largest absolute Gasteiger partial charge is 0.467 e. The van der Waals surface area contributed by atoms with Gasteiger partial charge in [-0.05, 0) is 37.1 Å². The van der Waals surface area contributed by atoms with Crippen LogP contribution in [0.3, 0.4) is 0 Å². The summed E-state index contributed by atoms with van der Waals surface area (Å²) in [6.07, 6.45) is 1.10. The lowest BCUT2D eigenvalue weighted by atomic mass is 10.2. The Morgan fingerprint density at radius 2 is 1.50 bits per heavy atom. The number of benzene rings is 1. The molecule has 0 aromatic heterocycles. The number of carbonyl (C=O) groups excluding carboxylic acids is 2. The third-order valence-electron chi connectivity index (χ3n) is 3.46. The number of ether oxygens (including phenoxy) is 2. The fourth-order valence-corrected chi connectivity index (χ4v) is 2.65. The van der Waals surface area contributed by atoms with Crippen LogP contribution in [-0.2, 0) is 19.1 Å². The first kappa shape index (κ1) is 14.7. The molecular weight excluding hydrogens is 282 g/mol. The van der Waals surface area contributed by atoms with Crippen molar-refractivity contribution in [3.63, 3.8) is 0 Å². The van der Waals surface area contributed by atoms with Gasteiger partial charge in [-0.3, -0.25) is 0 Å². The summed E-state index contributed by atoms with van der Waals surface area (Å²) in [4.78, 5) is 25.5. The van der Waals surface area contributed by atoms with Crippen LogP contribution in [-0.4, -0.2) is 38.2 Å². The lowest BCUT2D eigenvalue weighted by molar-refractivity contribution is -0.142. The van der Waals surface area contributed by atoms with E-state index in [0.29, 0.717) is 17.9 Å². The van der Waals surface area contributed by atoms with Gasteiger partial charge in [0.1, 0.15) is 12.1 Å². The highest BCUT2D eigenvalue weighted by molar-refractivity contribution is 6.30.